The molecule has 0 unspecified atom stereocenters. The molecule has 0 aliphatic carbocycles. The second kappa shape index (κ2) is 4.49. The van der Waals surface area contributed by atoms with Crippen LogP contribution in [0.2, 0.25) is 0 Å². The number of ether oxygens (including phenoxy) is 1. The molecule has 0 atom stereocenters. The Balaban J connectivity index is 1.94. The first-order valence-electron chi connectivity index (χ1n) is 5.88. The van der Waals surface area contributed by atoms with Gasteiger partial charge in [0.1, 0.15) is 0 Å². The van der Waals surface area contributed by atoms with Crippen molar-refractivity contribution < 1.29 is 9.53 Å². The number of carbonyl (C=O) groups is 1. The molecule has 3 N–H and O–H groups in total. The predicted octanol–water partition coefficient (Wildman–Crippen LogP) is 2.64. The molecule has 94 valence electrons. The van der Waals surface area contributed by atoms with Crippen LogP contribution in [0.5, 0.6) is 5.75 Å². The summed E-state index contributed by atoms with van der Waals surface area (Å²) in [6.45, 7) is 0. The Labute approximate surface area is 110 Å². The van der Waals surface area contributed by atoms with Crippen molar-refractivity contribution in [3.05, 3.63) is 59.9 Å². The van der Waals surface area contributed by atoms with E-state index < -0.39 is 0 Å². The van der Waals surface area contributed by atoms with Gasteiger partial charge in [0.25, 0.3) is 5.91 Å². The van der Waals surface area contributed by atoms with Crippen LogP contribution in [0.1, 0.15) is 5.56 Å². The van der Waals surface area contributed by atoms with Gasteiger partial charge < -0.3 is 15.8 Å². The van der Waals surface area contributed by atoms with Gasteiger partial charge in [-0.1, -0.05) is 24.3 Å². The molecule has 0 aromatic heterocycles. The first kappa shape index (κ1) is 11.3. The zero-order valence-electron chi connectivity index (χ0n) is 10.1. The average molecular weight is 252 g/mol. The van der Waals surface area contributed by atoms with Crippen LogP contribution in [0, 0.1) is 0 Å². The van der Waals surface area contributed by atoms with Crippen LogP contribution < -0.4 is 15.8 Å². The normalized spacial score (nSPS) is 15.6. The predicted molar refractivity (Wildman–Crippen MR) is 74.5 cm³/mol. The summed E-state index contributed by atoms with van der Waals surface area (Å²) in [5.41, 5.74) is 7.84. The number of carbonyl (C=O) groups excluding carboxylic acids is 1. The second-order valence-corrected chi connectivity index (χ2v) is 4.23. The number of amides is 1. The van der Waals surface area contributed by atoms with Gasteiger partial charge in [-0.3, -0.25) is 4.79 Å². The zero-order valence-corrected chi connectivity index (χ0v) is 10.1. The smallest absolute Gasteiger partial charge is 0.291 e. The molecule has 0 saturated carbocycles. The third kappa shape index (κ3) is 2.28. The minimum atomic E-state index is -0.254. The van der Waals surface area contributed by atoms with E-state index in [1.807, 2.05) is 30.3 Å². The Kier molecular flexibility index (Phi) is 2.68. The minimum Gasteiger partial charge on any atom is -0.449 e. The number of rotatable bonds is 1. The van der Waals surface area contributed by atoms with Gasteiger partial charge in [0.15, 0.2) is 11.5 Å². The molecule has 1 aliphatic rings. The van der Waals surface area contributed by atoms with Gasteiger partial charge in [0, 0.05) is 5.69 Å². The number of nitrogen functional groups attached to an aromatic ring is 1. The van der Waals surface area contributed by atoms with E-state index in [0.717, 1.165) is 5.56 Å². The van der Waals surface area contributed by atoms with Crippen LogP contribution in [-0.4, -0.2) is 5.91 Å². The van der Waals surface area contributed by atoms with Crippen molar-refractivity contribution in [2.75, 3.05) is 11.1 Å². The number of benzene rings is 2. The minimum absolute atomic E-state index is 0.254. The van der Waals surface area contributed by atoms with E-state index in [1.54, 1.807) is 24.3 Å². The molecule has 4 heteroatoms. The van der Waals surface area contributed by atoms with E-state index in [0.29, 0.717) is 17.1 Å². The third-order valence-corrected chi connectivity index (χ3v) is 2.81. The van der Waals surface area contributed by atoms with E-state index in [-0.39, 0.29) is 11.7 Å². The molecule has 0 spiro atoms. The summed E-state index contributed by atoms with van der Waals surface area (Å²) in [6, 6.07) is 14.5. The van der Waals surface area contributed by atoms with Gasteiger partial charge in [-0.05, 0) is 35.9 Å². The molecular weight excluding hydrogens is 240 g/mol. The molecule has 0 bridgehead atoms. The lowest BCUT2D eigenvalue weighted by Crippen LogP contribution is -2.23. The molecule has 1 aliphatic heterocycles. The number of anilines is 2. The van der Waals surface area contributed by atoms with Gasteiger partial charge in [-0.25, -0.2) is 0 Å². The molecule has 0 fully saturated rings. The molecule has 1 heterocycles. The molecule has 1 amide bonds. The lowest BCUT2D eigenvalue weighted by Gasteiger charge is -2.19. The summed E-state index contributed by atoms with van der Waals surface area (Å²) < 4.78 is 5.60. The molecule has 0 radical (unpaired) electrons. The molecule has 4 nitrogen and oxygen atoms in total. The highest BCUT2D eigenvalue weighted by molar-refractivity contribution is 6.08. The highest BCUT2D eigenvalue weighted by atomic mass is 16.5. The first-order valence-corrected chi connectivity index (χ1v) is 5.88. The molecule has 3 rings (SSSR count). The van der Waals surface area contributed by atoms with Crippen LogP contribution in [0.3, 0.4) is 0 Å². The number of hydrogen-bond donors (Lipinski definition) is 2. The maximum absolute atomic E-state index is 11.9. The highest BCUT2D eigenvalue weighted by Crippen LogP contribution is 2.30. The SMILES string of the molecule is Nc1ccc(/C=C2\Oc3ccccc3NC2=O)cc1. The molecule has 19 heavy (non-hydrogen) atoms. The maximum Gasteiger partial charge on any atom is 0.291 e. The standard InChI is InChI=1S/C15H12N2O2/c16-11-7-5-10(6-8-11)9-14-15(18)17-12-3-1-2-4-13(12)19-14/h1-9H,16H2,(H,17,18)/b14-9-. The molecular formula is C15H12N2O2. The second-order valence-electron chi connectivity index (χ2n) is 4.23. The topological polar surface area (TPSA) is 64.3 Å². The summed E-state index contributed by atoms with van der Waals surface area (Å²) in [4.78, 5) is 11.9. The van der Waals surface area contributed by atoms with Gasteiger partial charge in [-0.2, -0.15) is 0 Å². The van der Waals surface area contributed by atoms with Crippen molar-refractivity contribution in [2.45, 2.75) is 0 Å². The molecule has 0 saturated heterocycles. The lowest BCUT2D eigenvalue weighted by molar-refractivity contribution is -0.115. The summed E-state index contributed by atoms with van der Waals surface area (Å²) in [5.74, 6) is 0.655. The van der Waals surface area contributed by atoms with Gasteiger partial charge in [0.05, 0.1) is 5.69 Å². The van der Waals surface area contributed by atoms with Crippen LogP contribution in [0.25, 0.3) is 6.08 Å². The van der Waals surface area contributed by atoms with Crippen LogP contribution in [-0.2, 0) is 4.79 Å². The summed E-state index contributed by atoms with van der Waals surface area (Å²) >= 11 is 0. The molecule has 2 aromatic rings. The van der Waals surface area contributed by atoms with E-state index in [9.17, 15) is 4.79 Å². The fraction of sp³-hybridized carbons (Fsp3) is 0. The van der Waals surface area contributed by atoms with Crippen molar-refractivity contribution in [3.8, 4) is 5.75 Å². The van der Waals surface area contributed by atoms with Crippen LogP contribution in [0.15, 0.2) is 54.3 Å². The summed E-state index contributed by atoms with van der Waals surface area (Å²) in [7, 11) is 0. The Bertz CT molecular complexity index is 660. The summed E-state index contributed by atoms with van der Waals surface area (Å²) in [6.07, 6.45) is 1.69. The Morgan fingerprint density at radius 3 is 2.58 bits per heavy atom. The van der Waals surface area contributed by atoms with Crippen molar-refractivity contribution in [3.63, 3.8) is 0 Å². The van der Waals surface area contributed by atoms with Crippen LogP contribution >= 0.6 is 0 Å². The summed E-state index contributed by atoms with van der Waals surface area (Å²) in [5, 5.41) is 2.78. The Morgan fingerprint density at radius 1 is 1.05 bits per heavy atom. The monoisotopic (exact) mass is 252 g/mol. The van der Waals surface area contributed by atoms with Gasteiger partial charge in [0.2, 0.25) is 0 Å². The Hall–Kier alpha value is -2.75. The first-order chi connectivity index (χ1) is 9.22. The van der Waals surface area contributed by atoms with E-state index in [2.05, 4.69) is 5.32 Å². The van der Waals surface area contributed by atoms with Crippen molar-refractivity contribution >= 4 is 23.4 Å². The number of fused-ring (bicyclic) bond motifs is 1. The van der Waals surface area contributed by atoms with Crippen molar-refractivity contribution in [2.24, 2.45) is 0 Å². The largest absolute Gasteiger partial charge is 0.449 e. The lowest BCUT2D eigenvalue weighted by atomic mass is 10.1. The number of hydrogen-bond acceptors (Lipinski definition) is 3. The van der Waals surface area contributed by atoms with E-state index in [4.69, 9.17) is 10.5 Å². The van der Waals surface area contributed by atoms with Crippen molar-refractivity contribution in [1.29, 1.82) is 0 Å². The quantitative estimate of drug-likeness (QED) is 0.605. The van der Waals surface area contributed by atoms with Gasteiger partial charge in [-0.15, -0.1) is 0 Å². The fourth-order valence-corrected chi connectivity index (χ4v) is 1.85. The maximum atomic E-state index is 11.9. The highest BCUT2D eigenvalue weighted by Gasteiger charge is 2.21. The van der Waals surface area contributed by atoms with E-state index in [1.165, 1.54) is 0 Å². The molecule has 2 aromatic carbocycles. The van der Waals surface area contributed by atoms with Gasteiger partial charge >= 0.3 is 0 Å². The zero-order chi connectivity index (χ0) is 13.2. The van der Waals surface area contributed by atoms with Crippen molar-refractivity contribution in [1.82, 2.24) is 0 Å². The van der Waals surface area contributed by atoms with E-state index >= 15 is 0 Å². The van der Waals surface area contributed by atoms with Crippen LogP contribution in [0.4, 0.5) is 11.4 Å². The fourth-order valence-electron chi connectivity index (χ4n) is 1.85. The number of nitrogens with one attached hydrogen (secondary N) is 1. The Morgan fingerprint density at radius 2 is 1.79 bits per heavy atom. The third-order valence-electron chi connectivity index (χ3n) is 2.81. The number of nitrogens with two attached hydrogens (primary N) is 1. The number of para-hydroxylation sites is 2. The average Bonchev–Trinajstić information content (AvgIpc) is 2.42.